The predicted octanol–water partition coefficient (Wildman–Crippen LogP) is 8.80. The number of hydrogen-bond acceptors (Lipinski definition) is 7. The van der Waals surface area contributed by atoms with Crippen LogP contribution in [-0.4, -0.2) is 75.5 Å². The van der Waals surface area contributed by atoms with E-state index in [0.29, 0.717) is 12.8 Å². The molecule has 0 rings (SSSR count). The molecule has 0 aromatic carbocycles. The fourth-order valence-corrected chi connectivity index (χ4v) is 5.65. The molecular formula is C41H75NO7. The van der Waals surface area contributed by atoms with Gasteiger partial charge in [0.05, 0.1) is 40.3 Å². The normalized spacial score (nSPS) is 13.2. The number of esters is 2. The molecule has 0 aliphatic heterocycles. The van der Waals surface area contributed by atoms with Crippen molar-refractivity contribution in [1.82, 2.24) is 0 Å². The van der Waals surface area contributed by atoms with E-state index < -0.39 is 18.1 Å². The van der Waals surface area contributed by atoms with Gasteiger partial charge in [-0.05, 0) is 64.2 Å². The Kier molecular flexibility index (Phi) is 31.5. The number of likely N-dealkylation sites (N-methyl/N-ethyl adjacent to an activating group) is 1. The summed E-state index contributed by atoms with van der Waals surface area (Å²) in [4.78, 5) is 36.6. The highest BCUT2D eigenvalue weighted by atomic mass is 16.6. The molecule has 8 nitrogen and oxygen atoms in total. The zero-order valence-electron chi connectivity index (χ0n) is 32.4. The molecule has 0 spiro atoms. The van der Waals surface area contributed by atoms with Crippen LogP contribution in [0.1, 0.15) is 168 Å². The molecule has 0 amide bonds. The Morgan fingerprint density at radius 3 is 1.53 bits per heavy atom. The summed E-state index contributed by atoms with van der Waals surface area (Å²) in [5.41, 5.74) is 0. The maximum atomic E-state index is 12.6. The summed E-state index contributed by atoms with van der Waals surface area (Å²) in [5, 5.41) is 11.6. The average Bonchev–Trinajstić information content (AvgIpc) is 3.05. The van der Waals surface area contributed by atoms with Crippen LogP contribution in [0.3, 0.4) is 0 Å². The summed E-state index contributed by atoms with van der Waals surface area (Å²) in [6.45, 7) is 4.59. The van der Waals surface area contributed by atoms with Crippen molar-refractivity contribution in [2.45, 2.75) is 180 Å². The van der Waals surface area contributed by atoms with Crippen LogP contribution < -0.4 is 5.11 Å². The number of unbranched alkanes of at least 4 members (excludes halogenated alkanes) is 17. The monoisotopic (exact) mass is 694 g/mol. The van der Waals surface area contributed by atoms with Crippen LogP contribution in [0.15, 0.2) is 24.3 Å². The van der Waals surface area contributed by atoms with Gasteiger partial charge in [0.25, 0.3) is 0 Å². The first-order chi connectivity index (χ1) is 23.6. The van der Waals surface area contributed by atoms with E-state index in [4.69, 9.17) is 14.2 Å². The third kappa shape index (κ3) is 31.5. The summed E-state index contributed by atoms with van der Waals surface area (Å²) in [6, 6.07) is -0.726. The van der Waals surface area contributed by atoms with Crippen molar-refractivity contribution in [2.24, 2.45) is 0 Å². The molecule has 0 aliphatic rings. The van der Waals surface area contributed by atoms with Gasteiger partial charge in [0.2, 0.25) is 0 Å². The minimum Gasteiger partial charge on any atom is -0.544 e. The Morgan fingerprint density at radius 2 is 1.02 bits per heavy atom. The molecule has 8 heteroatoms. The van der Waals surface area contributed by atoms with Crippen molar-refractivity contribution >= 4 is 17.9 Å². The molecule has 0 bridgehead atoms. The van der Waals surface area contributed by atoms with Crippen molar-refractivity contribution in [3.05, 3.63) is 24.3 Å². The minimum absolute atomic E-state index is 0.0347. The van der Waals surface area contributed by atoms with Gasteiger partial charge in [-0.25, -0.2) is 0 Å². The van der Waals surface area contributed by atoms with Gasteiger partial charge in [0.15, 0.2) is 6.10 Å². The van der Waals surface area contributed by atoms with Crippen molar-refractivity contribution in [3.63, 3.8) is 0 Å². The zero-order chi connectivity index (χ0) is 36.4. The summed E-state index contributed by atoms with van der Waals surface area (Å²) >= 11 is 0. The fraction of sp³-hybridized carbons (Fsp3) is 0.829. The highest BCUT2D eigenvalue weighted by Gasteiger charge is 2.25. The van der Waals surface area contributed by atoms with Crippen molar-refractivity contribution in [1.29, 1.82) is 0 Å². The lowest BCUT2D eigenvalue weighted by Gasteiger charge is -2.34. The third-order valence-corrected chi connectivity index (χ3v) is 8.81. The van der Waals surface area contributed by atoms with Crippen LogP contribution in [0.2, 0.25) is 0 Å². The Bertz CT molecular complexity index is 864. The lowest BCUT2D eigenvalue weighted by Crippen LogP contribution is -2.55. The van der Waals surface area contributed by atoms with Gasteiger partial charge in [-0.1, -0.05) is 109 Å². The maximum Gasteiger partial charge on any atom is 0.306 e. The zero-order valence-corrected chi connectivity index (χ0v) is 32.4. The number of allylic oxidation sites excluding steroid dienone is 4. The van der Waals surface area contributed by atoms with Gasteiger partial charge < -0.3 is 28.6 Å². The average molecular weight is 694 g/mol. The summed E-state index contributed by atoms with van der Waals surface area (Å²) < 4.78 is 17.1. The van der Waals surface area contributed by atoms with Gasteiger partial charge in [-0.15, -0.1) is 0 Å². The minimum atomic E-state index is -1.13. The maximum absolute atomic E-state index is 12.6. The molecule has 0 aliphatic carbocycles. The van der Waals surface area contributed by atoms with E-state index in [0.717, 1.165) is 64.2 Å². The van der Waals surface area contributed by atoms with E-state index in [1.165, 1.54) is 70.6 Å². The van der Waals surface area contributed by atoms with Crippen molar-refractivity contribution in [2.75, 3.05) is 41.0 Å². The number of carbonyl (C=O) groups excluding carboxylic acids is 3. The molecule has 0 N–H and O–H groups in total. The van der Waals surface area contributed by atoms with Crippen LogP contribution in [-0.2, 0) is 28.6 Å². The van der Waals surface area contributed by atoms with Gasteiger partial charge in [0.1, 0.15) is 12.6 Å². The van der Waals surface area contributed by atoms with Crippen LogP contribution in [0, 0.1) is 0 Å². The van der Waals surface area contributed by atoms with Gasteiger partial charge in [-0.2, -0.15) is 0 Å². The number of hydrogen-bond donors (Lipinski definition) is 0. The smallest absolute Gasteiger partial charge is 0.306 e. The van der Waals surface area contributed by atoms with Gasteiger partial charge in [-0.3, -0.25) is 9.59 Å². The van der Waals surface area contributed by atoms with E-state index >= 15 is 0 Å². The van der Waals surface area contributed by atoms with E-state index in [9.17, 15) is 19.5 Å². The predicted molar refractivity (Wildman–Crippen MR) is 199 cm³/mol. The molecule has 0 saturated heterocycles. The molecule has 49 heavy (non-hydrogen) atoms. The molecule has 0 fully saturated rings. The SMILES string of the molecule is CCCCC/C=C/CCCCCCCC(=O)OC(COCCC(C(=O)[O-])[N+](C)(C)C)COC(=O)CCCCC/C=C/CCCCCCCC. The quantitative estimate of drug-likeness (QED) is 0.0283. The number of quaternary nitrogens is 1. The molecule has 2 atom stereocenters. The Morgan fingerprint density at radius 1 is 0.592 bits per heavy atom. The first kappa shape index (κ1) is 46.8. The molecule has 0 aromatic rings. The topological polar surface area (TPSA) is 102 Å². The molecule has 286 valence electrons. The number of aliphatic carboxylic acids is 1. The molecule has 0 radical (unpaired) electrons. The Labute approximate surface area is 301 Å². The molecule has 0 aromatic heterocycles. The summed E-state index contributed by atoms with van der Waals surface area (Å²) in [6.07, 6.45) is 33.4. The summed E-state index contributed by atoms with van der Waals surface area (Å²) in [7, 11) is 5.39. The van der Waals surface area contributed by atoms with Crippen LogP contribution >= 0.6 is 0 Å². The van der Waals surface area contributed by atoms with Crippen molar-refractivity contribution < 1.29 is 38.2 Å². The van der Waals surface area contributed by atoms with E-state index in [1.807, 2.05) is 0 Å². The Balaban J connectivity index is 4.44. The third-order valence-electron chi connectivity index (χ3n) is 8.81. The lowest BCUT2D eigenvalue weighted by atomic mass is 10.1. The first-order valence-electron chi connectivity index (χ1n) is 19.9. The largest absolute Gasteiger partial charge is 0.544 e. The van der Waals surface area contributed by atoms with E-state index in [2.05, 4.69) is 38.2 Å². The van der Waals surface area contributed by atoms with Gasteiger partial charge >= 0.3 is 11.9 Å². The van der Waals surface area contributed by atoms with Crippen LogP contribution in [0.4, 0.5) is 0 Å². The van der Waals surface area contributed by atoms with E-state index in [-0.39, 0.29) is 42.7 Å². The molecule has 0 saturated carbocycles. The van der Waals surface area contributed by atoms with Crippen molar-refractivity contribution in [3.8, 4) is 0 Å². The first-order valence-corrected chi connectivity index (χ1v) is 19.9. The number of carboxylic acids is 1. The summed E-state index contributed by atoms with van der Waals surface area (Å²) in [5.74, 6) is -1.77. The fourth-order valence-electron chi connectivity index (χ4n) is 5.65. The standard InChI is InChI=1S/C41H75NO7/c1-6-8-10-12-14-16-18-20-22-23-25-27-29-31-39(43)48-36-37(35-47-34-33-38(41(45)46)42(3,4)5)49-40(44)32-30-28-26-24-21-19-17-15-13-11-9-7-2/h15,17,20,22,37-38H,6-14,16,18-19,21,23-36H2,1-5H3/b17-15+,22-20+. The van der Waals surface area contributed by atoms with Crippen LogP contribution in [0.25, 0.3) is 0 Å². The number of nitrogens with zero attached hydrogens (tertiary/aromatic N) is 1. The molecule has 0 heterocycles. The second-order valence-electron chi connectivity index (χ2n) is 14.5. The number of carbonyl (C=O) groups is 3. The van der Waals surface area contributed by atoms with Gasteiger partial charge in [0, 0.05) is 19.3 Å². The van der Waals surface area contributed by atoms with E-state index in [1.54, 1.807) is 21.1 Å². The number of ether oxygens (including phenoxy) is 3. The molecular weight excluding hydrogens is 618 g/mol. The molecule has 2 unspecified atom stereocenters. The Hall–Kier alpha value is -2.19. The highest BCUT2D eigenvalue weighted by Crippen LogP contribution is 2.13. The number of carboxylic acid groups (broad SMARTS) is 1. The second kappa shape index (κ2) is 33.0. The number of rotatable bonds is 35. The second-order valence-corrected chi connectivity index (χ2v) is 14.5. The van der Waals surface area contributed by atoms with Crippen LogP contribution in [0.5, 0.6) is 0 Å². The highest BCUT2D eigenvalue weighted by molar-refractivity contribution is 5.70. The lowest BCUT2D eigenvalue weighted by molar-refractivity contribution is -0.889.